The lowest BCUT2D eigenvalue weighted by molar-refractivity contribution is -0.156. The van der Waals surface area contributed by atoms with E-state index in [0.717, 1.165) is 35.3 Å². The third-order valence-corrected chi connectivity index (χ3v) is 9.67. The van der Waals surface area contributed by atoms with Gasteiger partial charge in [0.15, 0.2) is 6.73 Å². The first kappa shape index (κ1) is 38.3. The van der Waals surface area contributed by atoms with Crippen LogP contribution in [0.3, 0.4) is 0 Å². The second-order valence-electron chi connectivity index (χ2n) is 15.5. The van der Waals surface area contributed by atoms with Gasteiger partial charge in [0.1, 0.15) is 0 Å². The number of esters is 1. The van der Waals surface area contributed by atoms with Gasteiger partial charge in [-0.25, -0.2) is 9.91 Å². The maximum absolute atomic E-state index is 13.1. The molecule has 1 N–H and O–H groups in total. The number of nitrogens with zero attached hydrogens (tertiary/aromatic N) is 2. The normalized spacial score (nSPS) is 19.2. The standard InChI is InChI=1S/C22H28N2O2.C19H25NO4/c1-7-17-8-10-18(11-9-17)20(25)23-24(22(4,5)6)21(26)19-13-15(2)12-16(3)14-19;1-11(2)9-14-15(19(14,3)4)18(23)24-10-20-16(21)12-7-5-6-8-13(12)17(20)22/h8-14H,7H2,1-6H3,(H,23,25);9,14-15H,5-8,10H2,1-4H3. The Morgan fingerprint density at radius 2 is 1.46 bits per heavy atom. The molecule has 9 heteroatoms. The third-order valence-electron chi connectivity index (χ3n) is 9.67. The van der Waals surface area contributed by atoms with E-state index in [1.165, 1.54) is 16.1 Å². The van der Waals surface area contributed by atoms with E-state index in [0.29, 0.717) is 35.1 Å². The van der Waals surface area contributed by atoms with Crippen LogP contribution in [0.1, 0.15) is 118 Å². The van der Waals surface area contributed by atoms with Gasteiger partial charge < -0.3 is 4.74 Å². The molecule has 2 aromatic carbocycles. The van der Waals surface area contributed by atoms with Crippen molar-refractivity contribution in [2.45, 2.75) is 107 Å². The SMILES string of the molecule is CC(C)=CC1C(C(=O)OCN2C(=O)C3=C(CCCC3)C2=O)C1(C)C.CCc1ccc(C(=O)NN(C(=O)c2cc(C)cc(C)c2)C(C)(C)C)cc1. The number of ether oxygens (including phenoxy) is 1. The van der Waals surface area contributed by atoms with E-state index in [9.17, 15) is 24.0 Å². The molecule has 1 heterocycles. The molecule has 0 spiro atoms. The van der Waals surface area contributed by atoms with Gasteiger partial charge in [0.25, 0.3) is 23.6 Å². The first-order valence-electron chi connectivity index (χ1n) is 17.6. The Morgan fingerprint density at radius 1 is 0.920 bits per heavy atom. The lowest BCUT2D eigenvalue weighted by Gasteiger charge is -2.35. The fraction of sp³-hybridized carbons (Fsp3) is 0.488. The van der Waals surface area contributed by atoms with Gasteiger partial charge in [0.05, 0.1) is 11.5 Å². The van der Waals surface area contributed by atoms with Crippen molar-refractivity contribution >= 4 is 29.6 Å². The number of aryl methyl sites for hydroxylation is 3. The smallest absolute Gasteiger partial charge is 0.311 e. The molecule has 1 fully saturated rings. The summed E-state index contributed by atoms with van der Waals surface area (Å²) in [5.74, 6) is -1.44. The van der Waals surface area contributed by atoms with Gasteiger partial charge in [-0.3, -0.25) is 29.4 Å². The summed E-state index contributed by atoms with van der Waals surface area (Å²) in [5, 5.41) is 1.41. The van der Waals surface area contributed by atoms with E-state index >= 15 is 0 Å². The first-order valence-corrected chi connectivity index (χ1v) is 17.6. The summed E-state index contributed by atoms with van der Waals surface area (Å²) in [6.07, 6.45) is 6.20. The van der Waals surface area contributed by atoms with Gasteiger partial charge in [0.2, 0.25) is 0 Å². The van der Waals surface area contributed by atoms with Crippen molar-refractivity contribution in [1.82, 2.24) is 15.3 Å². The van der Waals surface area contributed by atoms with E-state index < -0.39 is 5.54 Å². The molecule has 2 aromatic rings. The van der Waals surface area contributed by atoms with E-state index in [4.69, 9.17) is 4.74 Å². The molecule has 9 nitrogen and oxygen atoms in total. The molecule has 0 radical (unpaired) electrons. The lowest BCUT2D eigenvalue weighted by Crippen LogP contribution is -2.55. The molecule has 50 heavy (non-hydrogen) atoms. The quantitative estimate of drug-likeness (QED) is 0.141. The number of allylic oxidation sites excluding steroid dienone is 2. The highest BCUT2D eigenvalue weighted by molar-refractivity contribution is 6.19. The van der Waals surface area contributed by atoms with E-state index in [1.807, 2.05) is 92.6 Å². The number of rotatable bonds is 7. The lowest BCUT2D eigenvalue weighted by atomic mass is 9.93. The summed E-state index contributed by atoms with van der Waals surface area (Å²) in [7, 11) is 0. The number of carbonyl (C=O) groups is 5. The highest BCUT2D eigenvalue weighted by atomic mass is 16.5. The fourth-order valence-corrected chi connectivity index (χ4v) is 6.74. The molecule has 5 rings (SSSR count). The van der Waals surface area contributed by atoms with Crippen molar-refractivity contribution in [3.63, 3.8) is 0 Å². The third kappa shape index (κ3) is 8.60. The van der Waals surface area contributed by atoms with Crippen LogP contribution in [-0.2, 0) is 25.5 Å². The van der Waals surface area contributed by atoms with Gasteiger partial charge in [-0.05, 0) is 122 Å². The van der Waals surface area contributed by atoms with Crippen molar-refractivity contribution in [3.05, 3.63) is 93.1 Å². The van der Waals surface area contributed by atoms with Gasteiger partial charge >= 0.3 is 5.97 Å². The largest absolute Gasteiger partial charge is 0.443 e. The molecule has 3 aliphatic rings. The van der Waals surface area contributed by atoms with Crippen LogP contribution in [0.15, 0.2) is 65.3 Å². The van der Waals surface area contributed by atoms with Crippen LogP contribution < -0.4 is 5.43 Å². The predicted molar refractivity (Wildman–Crippen MR) is 194 cm³/mol. The highest BCUT2D eigenvalue weighted by Crippen LogP contribution is 2.59. The number of hydrazine groups is 1. The molecular formula is C41H53N3O6. The predicted octanol–water partition coefficient (Wildman–Crippen LogP) is 7.42. The first-order chi connectivity index (χ1) is 23.4. The summed E-state index contributed by atoms with van der Waals surface area (Å²) >= 11 is 0. The minimum absolute atomic E-state index is 0.134. The zero-order valence-corrected chi connectivity index (χ0v) is 31.4. The average Bonchev–Trinajstić information content (AvgIpc) is 3.49. The van der Waals surface area contributed by atoms with Crippen LogP contribution in [0.25, 0.3) is 0 Å². The number of carbonyl (C=O) groups excluding carboxylic acids is 5. The van der Waals surface area contributed by atoms with Crippen LogP contribution in [-0.4, -0.2) is 51.8 Å². The van der Waals surface area contributed by atoms with Crippen LogP contribution in [0, 0.1) is 31.1 Å². The molecule has 2 atom stereocenters. The number of nitrogens with one attached hydrogen (secondary N) is 1. The Bertz CT molecular complexity index is 1670. The highest BCUT2D eigenvalue weighted by Gasteiger charge is 2.61. The van der Waals surface area contributed by atoms with E-state index in [-0.39, 0.29) is 53.6 Å². The summed E-state index contributed by atoms with van der Waals surface area (Å²) in [4.78, 5) is 63.9. The van der Waals surface area contributed by atoms with E-state index in [2.05, 4.69) is 18.4 Å². The monoisotopic (exact) mass is 683 g/mol. The van der Waals surface area contributed by atoms with Gasteiger partial charge in [-0.15, -0.1) is 0 Å². The van der Waals surface area contributed by atoms with E-state index in [1.54, 1.807) is 12.1 Å². The second kappa shape index (κ2) is 15.2. The molecule has 0 bridgehead atoms. The molecule has 0 saturated heterocycles. The summed E-state index contributed by atoms with van der Waals surface area (Å²) in [6, 6.07) is 13.1. The number of benzene rings is 2. The van der Waals surface area contributed by atoms with Crippen molar-refractivity contribution in [1.29, 1.82) is 0 Å². The Hall–Kier alpha value is -4.53. The Kier molecular flexibility index (Phi) is 11.6. The van der Waals surface area contributed by atoms with Crippen LogP contribution in [0.2, 0.25) is 0 Å². The Labute approximate surface area is 297 Å². The molecule has 1 saturated carbocycles. The van der Waals surface area contributed by atoms with Crippen molar-refractivity contribution in [2.24, 2.45) is 17.3 Å². The van der Waals surface area contributed by atoms with Crippen LogP contribution >= 0.6 is 0 Å². The van der Waals surface area contributed by atoms with Gasteiger partial charge in [-0.2, -0.15) is 0 Å². The summed E-state index contributed by atoms with van der Waals surface area (Å²) < 4.78 is 5.33. The number of hydrogen-bond donors (Lipinski definition) is 1. The van der Waals surface area contributed by atoms with Crippen LogP contribution in [0.5, 0.6) is 0 Å². The minimum atomic E-state index is -0.562. The van der Waals surface area contributed by atoms with Gasteiger partial charge in [-0.1, -0.05) is 61.7 Å². The zero-order valence-electron chi connectivity index (χ0n) is 31.4. The number of amides is 4. The number of imide groups is 1. The minimum Gasteiger partial charge on any atom is -0.443 e. The van der Waals surface area contributed by atoms with Crippen molar-refractivity contribution < 1.29 is 28.7 Å². The molecular weight excluding hydrogens is 630 g/mol. The molecule has 2 unspecified atom stereocenters. The molecule has 1 aliphatic heterocycles. The fourth-order valence-electron chi connectivity index (χ4n) is 6.74. The summed E-state index contributed by atoms with van der Waals surface area (Å²) in [5.41, 5.74) is 8.81. The Balaban J connectivity index is 0.000000225. The maximum atomic E-state index is 13.1. The van der Waals surface area contributed by atoms with Gasteiger partial charge in [0, 0.05) is 22.3 Å². The maximum Gasteiger partial charge on any atom is 0.311 e. The zero-order chi connectivity index (χ0) is 37.1. The molecule has 4 amide bonds. The second-order valence-corrected chi connectivity index (χ2v) is 15.5. The molecule has 2 aliphatic carbocycles. The molecule has 268 valence electrons. The summed E-state index contributed by atoms with van der Waals surface area (Å²) in [6.45, 7) is 19.5. The Morgan fingerprint density at radius 3 is 1.94 bits per heavy atom. The van der Waals surface area contributed by atoms with Crippen molar-refractivity contribution in [2.75, 3.05) is 6.73 Å². The van der Waals surface area contributed by atoms with Crippen molar-refractivity contribution in [3.8, 4) is 0 Å². The average molecular weight is 684 g/mol. The number of hydrogen-bond acceptors (Lipinski definition) is 6. The van der Waals surface area contributed by atoms with Crippen LogP contribution in [0.4, 0.5) is 0 Å². The molecule has 0 aromatic heterocycles. The topological polar surface area (TPSA) is 113 Å².